The molecule has 0 atom stereocenters. The maximum atomic E-state index is 13.2. The van der Waals surface area contributed by atoms with Gasteiger partial charge < -0.3 is 15.3 Å². The van der Waals surface area contributed by atoms with Gasteiger partial charge in [-0.3, -0.25) is 4.72 Å². The molecule has 0 aromatic heterocycles. The van der Waals surface area contributed by atoms with E-state index in [0.29, 0.717) is 21.4 Å². The predicted octanol–water partition coefficient (Wildman–Crippen LogP) is 5.91. The van der Waals surface area contributed by atoms with Gasteiger partial charge in [-0.05, 0) is 38.1 Å². The number of phenolic OH excluding ortho intramolecular Hbond substituents is 1. The summed E-state index contributed by atoms with van der Waals surface area (Å²) in [5.74, 6) is 0.249. The molecular weight excluding hydrogens is 444 g/mol. The lowest BCUT2D eigenvalue weighted by Gasteiger charge is -2.16. The summed E-state index contributed by atoms with van der Waals surface area (Å²) in [4.78, 5) is 1.44. The van der Waals surface area contributed by atoms with Crippen LogP contribution in [0.4, 0.5) is 5.69 Å². The van der Waals surface area contributed by atoms with Gasteiger partial charge in [0.25, 0.3) is 10.0 Å². The molecule has 3 aromatic rings. The minimum absolute atomic E-state index is 0.00753. The number of fused-ring (bicyclic) bond motifs is 1. The number of allylic oxidation sites excluding steroid dienone is 3. The van der Waals surface area contributed by atoms with Crippen LogP contribution in [-0.2, 0) is 14.8 Å². The normalized spacial score (nSPS) is 12.6. The van der Waals surface area contributed by atoms with Crippen LogP contribution in [0.5, 0.6) is 5.75 Å². The molecule has 32 heavy (non-hydrogen) atoms. The van der Waals surface area contributed by atoms with Crippen molar-refractivity contribution in [3.05, 3.63) is 83.5 Å². The Morgan fingerprint density at radius 3 is 2.44 bits per heavy atom. The Bertz CT molecular complexity index is 1280. The number of hydrogen-bond donors (Lipinski definition) is 3. The Labute approximate surface area is 192 Å². The lowest BCUT2D eigenvalue weighted by atomic mass is 10.1. The van der Waals surface area contributed by atoms with E-state index in [1.807, 2.05) is 30.3 Å². The molecule has 0 spiro atoms. The van der Waals surface area contributed by atoms with Crippen LogP contribution in [0, 0.1) is 5.41 Å². The zero-order valence-corrected chi connectivity index (χ0v) is 19.3. The van der Waals surface area contributed by atoms with Gasteiger partial charge in [-0.25, -0.2) is 8.42 Å². The lowest BCUT2D eigenvalue weighted by Crippen LogP contribution is -2.16. The van der Waals surface area contributed by atoms with E-state index in [9.17, 15) is 13.5 Å². The molecule has 0 aliphatic rings. The van der Waals surface area contributed by atoms with Gasteiger partial charge in [0.05, 0.1) is 10.6 Å². The van der Waals surface area contributed by atoms with Gasteiger partial charge in [0.2, 0.25) is 0 Å². The maximum absolute atomic E-state index is 13.2. The Morgan fingerprint density at radius 1 is 1.12 bits per heavy atom. The quantitative estimate of drug-likeness (QED) is 0.157. The molecule has 0 heterocycles. The first-order valence-corrected chi connectivity index (χ1v) is 12.1. The Hall–Kier alpha value is -3.23. The summed E-state index contributed by atoms with van der Waals surface area (Å²) < 4.78 is 34.4. The highest BCUT2D eigenvalue weighted by molar-refractivity contribution is 7.99. The summed E-state index contributed by atoms with van der Waals surface area (Å²) >= 11 is 1.35. The topological polar surface area (TPSA) is 99.5 Å². The van der Waals surface area contributed by atoms with E-state index in [2.05, 4.69) is 4.72 Å². The molecule has 3 N–H and O–H groups in total. The standard InChI is InChI=1S/C24H24N2O4S2/c1-3-9-22(30-15-14-25)17(2)32(28,29)26-21-16-23(31-18-10-5-4-6-11-18)24(27)20-13-8-7-12-19(20)21/h3-14,16,25-27H,15H2,1-2H3/b9-3-,22-17-,25-14?. The lowest BCUT2D eigenvalue weighted by molar-refractivity contribution is 0.274. The number of aromatic hydroxyl groups is 1. The third-order valence-corrected chi connectivity index (χ3v) is 7.12. The first kappa shape index (κ1) is 23.4. The van der Waals surface area contributed by atoms with Crippen LogP contribution in [0.25, 0.3) is 10.8 Å². The van der Waals surface area contributed by atoms with E-state index >= 15 is 0 Å². The van der Waals surface area contributed by atoms with Crippen molar-refractivity contribution < 1.29 is 18.3 Å². The van der Waals surface area contributed by atoms with Crippen LogP contribution in [-0.4, -0.2) is 26.3 Å². The number of benzene rings is 3. The molecule has 0 aliphatic carbocycles. The number of rotatable bonds is 9. The molecule has 6 nitrogen and oxygen atoms in total. The maximum Gasteiger partial charge on any atom is 0.261 e. The Kier molecular flexibility index (Phi) is 7.61. The van der Waals surface area contributed by atoms with E-state index < -0.39 is 10.0 Å². The highest BCUT2D eigenvalue weighted by atomic mass is 32.2. The highest BCUT2D eigenvalue weighted by Crippen LogP contribution is 2.42. The van der Waals surface area contributed by atoms with Gasteiger partial charge in [-0.2, -0.15) is 0 Å². The van der Waals surface area contributed by atoms with Crippen molar-refractivity contribution in [2.45, 2.75) is 23.6 Å². The van der Waals surface area contributed by atoms with Crippen LogP contribution < -0.4 is 4.72 Å². The number of nitrogens with one attached hydrogen (secondary N) is 2. The molecule has 0 amide bonds. The molecule has 8 heteroatoms. The predicted molar refractivity (Wildman–Crippen MR) is 131 cm³/mol. The molecular formula is C24H24N2O4S2. The molecule has 0 bridgehead atoms. The Balaban J connectivity index is 2.09. The average molecular weight is 469 g/mol. The van der Waals surface area contributed by atoms with E-state index in [0.717, 1.165) is 11.1 Å². The van der Waals surface area contributed by atoms with Crippen LogP contribution >= 0.6 is 11.8 Å². The fraction of sp³-hybridized carbons (Fsp3) is 0.125. The van der Waals surface area contributed by atoms with Crippen molar-refractivity contribution in [3.8, 4) is 5.75 Å². The second kappa shape index (κ2) is 10.4. The van der Waals surface area contributed by atoms with Crippen molar-refractivity contribution in [3.63, 3.8) is 0 Å². The molecule has 0 radical (unpaired) electrons. The van der Waals surface area contributed by atoms with Crippen LogP contribution in [0.15, 0.2) is 93.3 Å². The summed E-state index contributed by atoms with van der Waals surface area (Å²) in [5.41, 5.74) is 0.350. The highest BCUT2D eigenvalue weighted by Gasteiger charge is 2.21. The summed E-state index contributed by atoms with van der Waals surface area (Å²) in [6, 6.07) is 18.2. The molecule has 0 aliphatic heterocycles. The summed E-state index contributed by atoms with van der Waals surface area (Å²) in [7, 11) is -3.97. The van der Waals surface area contributed by atoms with Crippen molar-refractivity contribution >= 4 is 44.5 Å². The molecule has 0 fully saturated rings. The number of sulfonamides is 1. The first-order valence-electron chi connectivity index (χ1n) is 9.83. The molecule has 0 unspecified atom stereocenters. The zero-order valence-electron chi connectivity index (χ0n) is 17.7. The fourth-order valence-corrected chi connectivity index (χ4v) is 4.95. The molecule has 166 valence electrons. The van der Waals surface area contributed by atoms with Crippen molar-refractivity contribution in [1.29, 1.82) is 5.41 Å². The average Bonchev–Trinajstić information content (AvgIpc) is 2.80. The first-order chi connectivity index (χ1) is 15.4. The number of ether oxygens (including phenoxy) is 1. The number of phenols is 1. The SMILES string of the molecule is C/C=C\C(OCC=N)=C(/C)S(=O)(=O)Nc1cc(Sc2ccccc2)c(O)c2ccccc12. The summed E-state index contributed by atoms with van der Waals surface area (Å²) in [5, 5.41) is 19.1. The van der Waals surface area contributed by atoms with E-state index in [1.165, 1.54) is 18.7 Å². The van der Waals surface area contributed by atoms with E-state index in [-0.39, 0.29) is 23.0 Å². The molecule has 0 saturated carbocycles. The monoisotopic (exact) mass is 468 g/mol. The van der Waals surface area contributed by atoms with Crippen molar-refractivity contribution in [1.82, 2.24) is 0 Å². The molecule has 3 rings (SSSR count). The van der Waals surface area contributed by atoms with Crippen molar-refractivity contribution in [2.24, 2.45) is 0 Å². The van der Waals surface area contributed by atoms with Gasteiger partial charge in [-0.15, -0.1) is 0 Å². The minimum atomic E-state index is -3.97. The van der Waals surface area contributed by atoms with Gasteiger partial charge in [0, 0.05) is 21.9 Å². The third kappa shape index (κ3) is 5.33. The Morgan fingerprint density at radius 2 is 1.78 bits per heavy atom. The minimum Gasteiger partial charge on any atom is -0.506 e. The fourth-order valence-electron chi connectivity index (χ4n) is 3.02. The van der Waals surface area contributed by atoms with E-state index in [1.54, 1.807) is 49.4 Å². The summed E-state index contributed by atoms with van der Waals surface area (Å²) in [6.07, 6.45) is 4.27. The van der Waals surface area contributed by atoms with E-state index in [4.69, 9.17) is 10.1 Å². The number of anilines is 1. The van der Waals surface area contributed by atoms with Gasteiger partial charge in [0.15, 0.2) is 0 Å². The zero-order chi connectivity index (χ0) is 23.1. The van der Waals surface area contributed by atoms with Gasteiger partial charge >= 0.3 is 0 Å². The smallest absolute Gasteiger partial charge is 0.261 e. The molecule has 0 saturated heterocycles. The van der Waals surface area contributed by atoms with Crippen LogP contribution in [0.1, 0.15) is 13.8 Å². The van der Waals surface area contributed by atoms with Crippen molar-refractivity contribution in [2.75, 3.05) is 11.3 Å². The number of hydrogen-bond acceptors (Lipinski definition) is 6. The third-order valence-electron chi connectivity index (χ3n) is 4.59. The van der Waals surface area contributed by atoms with Crippen LogP contribution in [0.3, 0.4) is 0 Å². The molecule has 3 aromatic carbocycles. The van der Waals surface area contributed by atoms with Crippen LogP contribution in [0.2, 0.25) is 0 Å². The second-order valence-corrected chi connectivity index (χ2v) is 9.71. The van der Waals surface area contributed by atoms with Gasteiger partial charge in [-0.1, -0.05) is 60.3 Å². The second-order valence-electron chi connectivity index (χ2n) is 6.77. The van der Waals surface area contributed by atoms with Gasteiger partial charge in [0.1, 0.15) is 23.0 Å². The summed E-state index contributed by atoms with van der Waals surface area (Å²) in [6.45, 7) is 3.16. The largest absolute Gasteiger partial charge is 0.506 e.